The summed E-state index contributed by atoms with van der Waals surface area (Å²) in [6.07, 6.45) is 2.63. The first-order valence-electron chi connectivity index (χ1n) is 15.8. The number of anilines is 1. The highest BCUT2D eigenvalue weighted by Crippen LogP contribution is 2.35. The van der Waals surface area contributed by atoms with E-state index in [1.807, 2.05) is 53.1 Å². The summed E-state index contributed by atoms with van der Waals surface area (Å²) in [5.74, 6) is 1.65. The second-order valence-corrected chi connectivity index (χ2v) is 16.9. The number of amides is 1. The van der Waals surface area contributed by atoms with Crippen molar-refractivity contribution in [2.45, 2.75) is 39.4 Å². The SMILES string of the molecule is O=C(CSc1nnc(CSc2nc3ccccc3s2)n1-c1ccccc1)Nc1cc(S(=O)(=O)N2CCCCC2)ccc1Oc1ccc(Cl)cc1. The highest BCUT2D eigenvalue weighted by Gasteiger charge is 2.27. The molecule has 3 heterocycles. The minimum atomic E-state index is -3.76. The molecule has 15 heteroatoms. The molecule has 4 aromatic carbocycles. The maximum absolute atomic E-state index is 13.5. The molecule has 256 valence electrons. The largest absolute Gasteiger partial charge is 0.455 e. The first kappa shape index (κ1) is 34.5. The number of rotatable bonds is 12. The zero-order valence-electron chi connectivity index (χ0n) is 26.6. The zero-order chi connectivity index (χ0) is 34.5. The van der Waals surface area contributed by atoms with Gasteiger partial charge < -0.3 is 10.1 Å². The average Bonchev–Trinajstić information content (AvgIpc) is 3.76. The minimum Gasteiger partial charge on any atom is -0.455 e. The van der Waals surface area contributed by atoms with E-state index >= 15 is 0 Å². The molecule has 1 saturated heterocycles. The molecule has 7 rings (SSSR count). The fourth-order valence-electron chi connectivity index (χ4n) is 5.42. The van der Waals surface area contributed by atoms with E-state index in [0.717, 1.165) is 45.3 Å². The highest BCUT2D eigenvalue weighted by atomic mass is 35.5. The summed E-state index contributed by atoms with van der Waals surface area (Å²) >= 11 is 10.5. The van der Waals surface area contributed by atoms with E-state index in [1.165, 1.54) is 28.2 Å². The first-order chi connectivity index (χ1) is 24.3. The van der Waals surface area contributed by atoms with Crippen LogP contribution in [0, 0.1) is 0 Å². The molecule has 0 saturated carbocycles. The van der Waals surface area contributed by atoms with Crippen LogP contribution in [0.25, 0.3) is 15.9 Å². The van der Waals surface area contributed by atoms with Crippen LogP contribution >= 0.6 is 46.5 Å². The lowest BCUT2D eigenvalue weighted by atomic mass is 10.2. The normalized spacial score (nSPS) is 13.8. The Balaban J connectivity index is 1.11. The Hall–Kier alpha value is -3.92. The number of carbonyl (C=O) groups is 1. The van der Waals surface area contributed by atoms with Crippen LogP contribution in [-0.2, 0) is 20.6 Å². The number of halogens is 1. The van der Waals surface area contributed by atoms with Gasteiger partial charge in [0.15, 0.2) is 15.2 Å². The third-order valence-electron chi connectivity index (χ3n) is 7.87. The van der Waals surface area contributed by atoms with Crippen molar-refractivity contribution in [2.75, 3.05) is 24.2 Å². The summed E-state index contributed by atoms with van der Waals surface area (Å²) in [6.45, 7) is 0.930. The molecule has 10 nitrogen and oxygen atoms in total. The van der Waals surface area contributed by atoms with Crippen LogP contribution in [-0.4, -0.2) is 57.2 Å². The van der Waals surface area contributed by atoms with Crippen molar-refractivity contribution in [1.29, 1.82) is 0 Å². The number of benzene rings is 4. The molecular weight excluding hydrogens is 732 g/mol. The number of sulfonamides is 1. The van der Waals surface area contributed by atoms with Crippen molar-refractivity contribution in [2.24, 2.45) is 0 Å². The number of thioether (sulfide) groups is 2. The number of fused-ring (bicyclic) bond motifs is 1. The molecule has 2 aromatic heterocycles. The molecule has 0 aliphatic carbocycles. The molecule has 0 unspecified atom stereocenters. The average molecular weight is 763 g/mol. The van der Waals surface area contributed by atoms with Crippen molar-refractivity contribution in [3.8, 4) is 17.2 Å². The van der Waals surface area contributed by atoms with Gasteiger partial charge in [-0.15, -0.1) is 21.5 Å². The van der Waals surface area contributed by atoms with Crippen LogP contribution in [0.15, 0.2) is 111 Å². The summed E-state index contributed by atoms with van der Waals surface area (Å²) in [5, 5.41) is 12.9. The molecule has 1 amide bonds. The van der Waals surface area contributed by atoms with Gasteiger partial charge in [-0.2, -0.15) is 4.31 Å². The number of hydrogen-bond donors (Lipinski definition) is 1. The predicted molar refractivity (Wildman–Crippen MR) is 200 cm³/mol. The number of para-hydroxylation sites is 2. The number of aromatic nitrogens is 4. The molecule has 1 aliphatic rings. The van der Waals surface area contributed by atoms with Crippen molar-refractivity contribution in [3.05, 3.63) is 108 Å². The van der Waals surface area contributed by atoms with Crippen LogP contribution in [0.1, 0.15) is 25.1 Å². The second-order valence-electron chi connectivity index (χ2n) is 11.3. The van der Waals surface area contributed by atoms with Crippen molar-refractivity contribution >= 4 is 78.3 Å². The van der Waals surface area contributed by atoms with Gasteiger partial charge in [-0.3, -0.25) is 9.36 Å². The lowest BCUT2D eigenvalue weighted by Crippen LogP contribution is -2.35. The van der Waals surface area contributed by atoms with Gasteiger partial charge in [0.2, 0.25) is 15.9 Å². The number of nitrogens with one attached hydrogen (secondary N) is 1. The summed E-state index contributed by atoms with van der Waals surface area (Å²) < 4.78 is 38.7. The molecule has 0 radical (unpaired) electrons. The molecule has 0 atom stereocenters. The summed E-state index contributed by atoms with van der Waals surface area (Å²) in [7, 11) is -3.76. The Morgan fingerprint density at radius 3 is 2.44 bits per heavy atom. The van der Waals surface area contributed by atoms with E-state index < -0.39 is 10.0 Å². The van der Waals surface area contributed by atoms with Crippen molar-refractivity contribution in [3.63, 3.8) is 0 Å². The number of ether oxygens (including phenoxy) is 1. The van der Waals surface area contributed by atoms with Crippen LogP contribution < -0.4 is 10.1 Å². The van der Waals surface area contributed by atoms with Crippen LogP contribution in [0.5, 0.6) is 11.5 Å². The Kier molecular flexibility index (Phi) is 10.7. The number of carbonyl (C=O) groups excluding carboxylic acids is 1. The summed E-state index contributed by atoms with van der Waals surface area (Å²) in [5.41, 5.74) is 2.07. The smallest absolute Gasteiger partial charge is 0.243 e. The van der Waals surface area contributed by atoms with Gasteiger partial charge in [-0.05, 0) is 79.6 Å². The van der Waals surface area contributed by atoms with Crippen LogP contribution in [0.2, 0.25) is 5.02 Å². The van der Waals surface area contributed by atoms with Crippen molar-refractivity contribution in [1.82, 2.24) is 24.1 Å². The summed E-state index contributed by atoms with van der Waals surface area (Å²) in [6, 6.07) is 29.1. The molecule has 0 bridgehead atoms. The highest BCUT2D eigenvalue weighted by molar-refractivity contribution is 8.00. The molecule has 6 aromatic rings. The minimum absolute atomic E-state index is 0.0144. The third kappa shape index (κ3) is 8.01. The number of piperidine rings is 1. The monoisotopic (exact) mass is 762 g/mol. The molecule has 1 N–H and O–H groups in total. The third-order valence-corrected chi connectivity index (χ3v) is 13.1. The predicted octanol–water partition coefficient (Wildman–Crippen LogP) is 8.52. The van der Waals surface area contributed by atoms with Gasteiger partial charge in [-0.25, -0.2) is 13.4 Å². The Morgan fingerprint density at radius 1 is 0.900 bits per heavy atom. The maximum atomic E-state index is 13.5. The van der Waals surface area contributed by atoms with Gasteiger partial charge in [0.25, 0.3) is 0 Å². The van der Waals surface area contributed by atoms with Gasteiger partial charge in [0.1, 0.15) is 11.6 Å². The van der Waals surface area contributed by atoms with E-state index in [0.29, 0.717) is 40.5 Å². The quantitative estimate of drug-likeness (QED) is 0.122. The second kappa shape index (κ2) is 15.5. The molecule has 1 aliphatic heterocycles. The summed E-state index contributed by atoms with van der Waals surface area (Å²) in [4.78, 5) is 18.3. The number of thiazole rings is 1. The molecular formula is C35H31ClN6O4S4. The van der Waals surface area contributed by atoms with Gasteiger partial charge in [0.05, 0.1) is 32.3 Å². The first-order valence-corrected chi connectivity index (χ1v) is 20.4. The van der Waals surface area contributed by atoms with Gasteiger partial charge in [-0.1, -0.05) is 71.9 Å². The topological polar surface area (TPSA) is 119 Å². The lowest BCUT2D eigenvalue weighted by molar-refractivity contribution is -0.113. The molecule has 50 heavy (non-hydrogen) atoms. The number of hydrogen-bond acceptors (Lipinski definition) is 10. The Morgan fingerprint density at radius 2 is 1.66 bits per heavy atom. The fraction of sp³-hybridized carbons (Fsp3) is 0.200. The Bertz CT molecular complexity index is 2190. The van der Waals surface area contributed by atoms with E-state index in [1.54, 1.807) is 53.4 Å². The van der Waals surface area contributed by atoms with Gasteiger partial charge >= 0.3 is 0 Å². The van der Waals surface area contributed by atoms with Gasteiger partial charge in [0, 0.05) is 23.8 Å². The standard InChI is InChI=1S/C35H31ClN6O4S4/c36-24-13-15-26(16-14-24)46-30-18-17-27(50(44,45)41-19-7-2-8-20-41)21-29(30)37-33(43)23-47-34-40-39-32(42(34)25-9-3-1-4-10-25)22-48-35-38-28-11-5-6-12-31(28)49-35/h1,3-6,9-18,21H,2,7-8,19-20,22-23H2,(H,37,43). The van der Waals surface area contributed by atoms with Crippen LogP contribution in [0.4, 0.5) is 5.69 Å². The zero-order valence-corrected chi connectivity index (χ0v) is 30.6. The molecule has 1 fully saturated rings. The maximum Gasteiger partial charge on any atom is 0.243 e. The number of nitrogens with zero attached hydrogens (tertiary/aromatic N) is 5. The van der Waals surface area contributed by atoms with E-state index in [9.17, 15) is 13.2 Å². The van der Waals surface area contributed by atoms with Crippen molar-refractivity contribution < 1.29 is 17.9 Å². The van der Waals surface area contributed by atoms with Crippen LogP contribution in [0.3, 0.4) is 0 Å². The van der Waals surface area contributed by atoms with E-state index in [2.05, 4.69) is 21.6 Å². The fourth-order valence-corrected chi connectivity index (χ4v) is 9.84. The van der Waals surface area contributed by atoms with E-state index in [4.69, 9.17) is 21.3 Å². The Labute approximate surface area is 307 Å². The lowest BCUT2D eigenvalue weighted by Gasteiger charge is -2.26. The molecule has 0 spiro atoms. The van der Waals surface area contributed by atoms with E-state index in [-0.39, 0.29) is 22.2 Å².